The highest BCUT2D eigenvalue weighted by atomic mass is 35.5. The van der Waals surface area contributed by atoms with Gasteiger partial charge in [0.1, 0.15) is 5.75 Å². The molecule has 90 valence electrons. The zero-order valence-electron chi connectivity index (χ0n) is 8.51. The quantitative estimate of drug-likeness (QED) is 0.869. The SMILES string of the molecule is NC1C(=S)N=NN1COc1ccc(Cl)cc1Cl. The van der Waals surface area contributed by atoms with Crippen molar-refractivity contribution in [1.29, 1.82) is 0 Å². The Hall–Kier alpha value is -0.950. The first kappa shape index (κ1) is 12.5. The minimum absolute atomic E-state index is 0.117. The van der Waals surface area contributed by atoms with E-state index in [1.165, 1.54) is 5.01 Å². The monoisotopic (exact) mass is 290 g/mol. The molecule has 0 bridgehead atoms. The average Bonchev–Trinajstić information content (AvgIpc) is 2.59. The molecule has 0 spiro atoms. The van der Waals surface area contributed by atoms with E-state index in [0.29, 0.717) is 20.8 Å². The van der Waals surface area contributed by atoms with E-state index < -0.39 is 6.17 Å². The zero-order chi connectivity index (χ0) is 12.4. The fourth-order valence-electron chi connectivity index (χ4n) is 1.18. The van der Waals surface area contributed by atoms with Crippen LogP contribution in [0.4, 0.5) is 0 Å². The Labute approximate surface area is 113 Å². The molecular formula is C9H8Cl2N4OS. The van der Waals surface area contributed by atoms with Gasteiger partial charge in [0.05, 0.1) is 5.02 Å². The molecule has 8 heteroatoms. The van der Waals surface area contributed by atoms with Gasteiger partial charge in [-0.25, -0.2) is 5.01 Å². The van der Waals surface area contributed by atoms with Crippen molar-refractivity contribution in [1.82, 2.24) is 5.01 Å². The van der Waals surface area contributed by atoms with Crippen molar-refractivity contribution in [2.24, 2.45) is 16.1 Å². The molecule has 1 aliphatic heterocycles. The first-order chi connectivity index (χ1) is 8.08. The lowest BCUT2D eigenvalue weighted by Gasteiger charge is -2.18. The highest BCUT2D eigenvalue weighted by Crippen LogP contribution is 2.27. The molecule has 5 nitrogen and oxygen atoms in total. The maximum absolute atomic E-state index is 5.94. The van der Waals surface area contributed by atoms with Crippen LogP contribution in [0.5, 0.6) is 5.75 Å². The number of benzene rings is 1. The Kier molecular flexibility index (Phi) is 3.78. The fourth-order valence-corrected chi connectivity index (χ4v) is 1.80. The first-order valence-corrected chi connectivity index (χ1v) is 5.80. The number of nitrogens with zero attached hydrogens (tertiary/aromatic N) is 3. The first-order valence-electron chi connectivity index (χ1n) is 4.63. The molecule has 1 unspecified atom stereocenters. The summed E-state index contributed by atoms with van der Waals surface area (Å²) in [6.45, 7) is 0.117. The maximum Gasteiger partial charge on any atom is 0.180 e. The van der Waals surface area contributed by atoms with E-state index in [2.05, 4.69) is 10.3 Å². The molecule has 1 atom stereocenters. The predicted molar refractivity (Wildman–Crippen MR) is 69.2 cm³/mol. The summed E-state index contributed by atoms with van der Waals surface area (Å²) < 4.78 is 5.44. The van der Waals surface area contributed by atoms with E-state index in [1.54, 1.807) is 18.2 Å². The summed E-state index contributed by atoms with van der Waals surface area (Å²) in [5, 5.41) is 9.82. The molecule has 1 aromatic carbocycles. The average molecular weight is 291 g/mol. The molecule has 0 aromatic heterocycles. The number of ether oxygens (including phenoxy) is 1. The Morgan fingerprint density at radius 2 is 2.24 bits per heavy atom. The van der Waals surface area contributed by atoms with Crippen LogP contribution in [0.15, 0.2) is 28.5 Å². The van der Waals surface area contributed by atoms with Crippen molar-refractivity contribution in [2.75, 3.05) is 6.73 Å². The van der Waals surface area contributed by atoms with Crippen LogP contribution in [0.2, 0.25) is 10.0 Å². The largest absolute Gasteiger partial charge is 0.470 e. The second-order valence-corrected chi connectivity index (χ2v) is 4.52. The van der Waals surface area contributed by atoms with Crippen LogP contribution in [0.1, 0.15) is 0 Å². The number of rotatable bonds is 3. The molecule has 0 saturated heterocycles. The lowest BCUT2D eigenvalue weighted by atomic mass is 10.3. The van der Waals surface area contributed by atoms with Gasteiger partial charge >= 0.3 is 0 Å². The van der Waals surface area contributed by atoms with E-state index in [0.717, 1.165) is 0 Å². The molecule has 0 radical (unpaired) electrons. The normalized spacial score (nSPS) is 18.9. The molecule has 1 heterocycles. The smallest absolute Gasteiger partial charge is 0.180 e. The predicted octanol–water partition coefficient (Wildman–Crippen LogP) is 2.62. The van der Waals surface area contributed by atoms with Crippen molar-refractivity contribution in [3.63, 3.8) is 0 Å². The summed E-state index contributed by atoms with van der Waals surface area (Å²) in [5.41, 5.74) is 5.71. The van der Waals surface area contributed by atoms with Crippen LogP contribution in [0, 0.1) is 0 Å². The molecule has 0 amide bonds. The van der Waals surface area contributed by atoms with Gasteiger partial charge in [0, 0.05) is 5.02 Å². The topological polar surface area (TPSA) is 63.2 Å². The van der Waals surface area contributed by atoms with Crippen molar-refractivity contribution in [3.8, 4) is 5.75 Å². The van der Waals surface area contributed by atoms with Gasteiger partial charge in [0.15, 0.2) is 17.9 Å². The molecule has 2 rings (SSSR count). The summed E-state index contributed by atoms with van der Waals surface area (Å²) in [6.07, 6.45) is -0.531. The third kappa shape index (κ3) is 2.84. The van der Waals surface area contributed by atoms with Crippen LogP contribution in [-0.2, 0) is 0 Å². The Balaban J connectivity index is 1.99. The number of nitrogens with two attached hydrogens (primary N) is 1. The third-order valence-corrected chi connectivity index (χ3v) is 2.93. The van der Waals surface area contributed by atoms with Gasteiger partial charge < -0.3 is 10.5 Å². The number of halogens is 2. The fraction of sp³-hybridized carbons (Fsp3) is 0.222. The van der Waals surface area contributed by atoms with Gasteiger partial charge in [-0.1, -0.05) is 40.6 Å². The summed E-state index contributed by atoms with van der Waals surface area (Å²) in [5.74, 6) is 0.497. The standard InChI is InChI=1S/C9H8Cl2N4OS/c10-5-1-2-7(6(11)3-5)16-4-15-8(12)9(17)13-14-15/h1-3,8H,4,12H2. The van der Waals surface area contributed by atoms with Gasteiger partial charge in [-0.2, -0.15) is 0 Å². The molecule has 0 saturated carbocycles. The van der Waals surface area contributed by atoms with Crippen LogP contribution in [-0.4, -0.2) is 22.9 Å². The maximum atomic E-state index is 5.94. The Morgan fingerprint density at radius 3 is 2.82 bits per heavy atom. The molecule has 2 N–H and O–H groups in total. The van der Waals surface area contributed by atoms with E-state index in [-0.39, 0.29) is 6.73 Å². The van der Waals surface area contributed by atoms with Crippen LogP contribution in [0.3, 0.4) is 0 Å². The highest BCUT2D eigenvalue weighted by Gasteiger charge is 2.23. The molecule has 0 aliphatic carbocycles. The van der Waals surface area contributed by atoms with Gasteiger partial charge in [0.2, 0.25) is 0 Å². The number of hydrogen-bond acceptors (Lipinski definition) is 5. The van der Waals surface area contributed by atoms with E-state index >= 15 is 0 Å². The lowest BCUT2D eigenvalue weighted by molar-refractivity contribution is 0.117. The molecular weight excluding hydrogens is 283 g/mol. The number of thiocarbonyl (C=S) groups is 1. The minimum atomic E-state index is -0.531. The van der Waals surface area contributed by atoms with Crippen molar-refractivity contribution in [3.05, 3.63) is 28.2 Å². The van der Waals surface area contributed by atoms with Crippen LogP contribution in [0.25, 0.3) is 0 Å². The van der Waals surface area contributed by atoms with Crippen molar-refractivity contribution < 1.29 is 4.74 Å². The zero-order valence-corrected chi connectivity index (χ0v) is 10.8. The summed E-state index contributed by atoms with van der Waals surface area (Å²) in [6, 6.07) is 4.94. The van der Waals surface area contributed by atoms with Gasteiger partial charge in [0.25, 0.3) is 0 Å². The third-order valence-electron chi connectivity index (χ3n) is 2.08. The second-order valence-electron chi connectivity index (χ2n) is 3.26. The minimum Gasteiger partial charge on any atom is -0.470 e. The highest BCUT2D eigenvalue weighted by molar-refractivity contribution is 7.80. The van der Waals surface area contributed by atoms with Gasteiger partial charge in [-0.15, -0.1) is 5.11 Å². The lowest BCUT2D eigenvalue weighted by Crippen LogP contribution is -2.41. The van der Waals surface area contributed by atoms with Gasteiger partial charge in [-0.05, 0) is 18.2 Å². The van der Waals surface area contributed by atoms with Crippen molar-refractivity contribution >= 4 is 40.4 Å². The molecule has 0 fully saturated rings. The summed E-state index contributed by atoms with van der Waals surface area (Å²) in [4.78, 5) is 0.329. The van der Waals surface area contributed by atoms with E-state index in [1.807, 2.05) is 0 Å². The molecule has 1 aliphatic rings. The Morgan fingerprint density at radius 1 is 1.47 bits per heavy atom. The van der Waals surface area contributed by atoms with Gasteiger partial charge in [-0.3, -0.25) is 0 Å². The Bertz CT molecular complexity index is 482. The van der Waals surface area contributed by atoms with E-state index in [9.17, 15) is 0 Å². The molecule has 1 aromatic rings. The summed E-state index contributed by atoms with van der Waals surface area (Å²) in [7, 11) is 0. The van der Waals surface area contributed by atoms with Crippen LogP contribution < -0.4 is 10.5 Å². The number of hydrogen-bond donors (Lipinski definition) is 1. The second kappa shape index (κ2) is 5.14. The van der Waals surface area contributed by atoms with E-state index in [4.69, 9.17) is 45.9 Å². The van der Waals surface area contributed by atoms with Crippen LogP contribution >= 0.6 is 35.4 Å². The molecule has 17 heavy (non-hydrogen) atoms. The van der Waals surface area contributed by atoms with Crippen molar-refractivity contribution in [2.45, 2.75) is 6.17 Å². The summed E-state index contributed by atoms with van der Waals surface area (Å²) >= 11 is 16.6.